The van der Waals surface area contributed by atoms with Gasteiger partial charge in [-0.25, -0.2) is 0 Å². The molecule has 84 valence electrons. The number of Topliss-reactive ketones (excluding diaryl/α,β-unsaturated/α-hetero) is 1. The molecule has 6 heteroatoms. The van der Waals surface area contributed by atoms with Crippen LogP contribution in [0.15, 0.2) is 28.7 Å². The van der Waals surface area contributed by atoms with Crippen LogP contribution >= 0.6 is 72.0 Å². The van der Waals surface area contributed by atoms with Gasteiger partial charge in [-0.15, -0.1) is 0 Å². The minimum atomic E-state index is -1.99. The van der Waals surface area contributed by atoms with Gasteiger partial charge in [-0.05, 0) is 0 Å². The van der Waals surface area contributed by atoms with Crippen LogP contribution in [0.25, 0.3) is 0 Å². The first-order chi connectivity index (χ1) is 6.82. The van der Waals surface area contributed by atoms with E-state index in [4.69, 9.17) is 0 Å². The van der Waals surface area contributed by atoms with Crippen molar-refractivity contribution in [3.8, 4) is 0 Å². The third kappa shape index (κ3) is 4.85. The van der Waals surface area contributed by atoms with Crippen LogP contribution in [0.5, 0.6) is 0 Å². The van der Waals surface area contributed by atoms with Gasteiger partial charge < -0.3 is 0 Å². The van der Waals surface area contributed by atoms with Gasteiger partial charge in [0.05, 0.1) is 0 Å². The molecule has 1 nitrogen and oxygen atoms in total. The van der Waals surface area contributed by atoms with Gasteiger partial charge in [0.25, 0.3) is 0 Å². The fraction of sp³-hybridized carbons (Fsp3) is 0.222. The van der Waals surface area contributed by atoms with Gasteiger partial charge in [-0.3, -0.25) is 0 Å². The maximum atomic E-state index is 12.1. The second-order valence-electron chi connectivity index (χ2n) is 2.96. The molecule has 1 rings (SSSR count). The van der Waals surface area contributed by atoms with E-state index in [0.717, 1.165) is 10.0 Å². The van der Waals surface area contributed by atoms with Crippen LogP contribution in [0.2, 0.25) is 3.97 Å². The molecule has 0 saturated heterocycles. The van der Waals surface area contributed by atoms with Gasteiger partial charge in [-0.2, -0.15) is 0 Å². The van der Waals surface area contributed by atoms with Crippen LogP contribution in [-0.2, 0) is 0 Å². The Hall–Kier alpha value is 2.35. The van der Waals surface area contributed by atoms with Gasteiger partial charge in [0, 0.05) is 0 Å². The van der Waals surface area contributed by atoms with E-state index >= 15 is 0 Å². The zero-order valence-electron chi connectivity index (χ0n) is 7.72. The molecule has 0 heterocycles. The summed E-state index contributed by atoms with van der Waals surface area (Å²) in [6, 6.07) is 7.62. The molecule has 1 aromatic rings. The summed E-state index contributed by atoms with van der Waals surface area (Å²) < 4.78 is 1.20. The third-order valence-corrected chi connectivity index (χ3v) is 20.7. The number of carbonyl (C=O) groups excluding carboxylic acids is 1. The molecule has 0 saturated carbocycles. The number of carbonyl (C=O) groups is 1. The van der Waals surface area contributed by atoms with Crippen molar-refractivity contribution in [2.45, 2.75) is 10.9 Å². The summed E-state index contributed by atoms with van der Waals surface area (Å²) in [5, 5.41) is 0. The second kappa shape index (κ2) is 6.50. The van der Waals surface area contributed by atoms with E-state index in [9.17, 15) is 4.79 Å². The van der Waals surface area contributed by atoms with Crippen LogP contribution < -0.4 is 0 Å². The van der Waals surface area contributed by atoms with Crippen molar-refractivity contribution in [3.05, 3.63) is 34.3 Å². The van der Waals surface area contributed by atoms with Crippen molar-refractivity contribution in [1.29, 1.82) is 0 Å². The molecule has 0 aliphatic rings. The van der Waals surface area contributed by atoms with E-state index in [-0.39, 0.29) is 9.75 Å². The summed E-state index contributed by atoms with van der Waals surface area (Å²) in [5.41, 5.74) is 0.825. The molecule has 0 aliphatic carbocycles. The van der Waals surface area contributed by atoms with Gasteiger partial charge in [-0.1, -0.05) is 0 Å². The normalized spacial score (nSPS) is 14.7. The van der Waals surface area contributed by atoms with E-state index in [1.807, 2.05) is 24.3 Å². The molecule has 0 N–H and O–H groups in total. The van der Waals surface area contributed by atoms with Crippen LogP contribution in [0.4, 0.5) is 0 Å². The SMILES string of the molecule is CC(C(=O)c1ccc(Br)cc1)[Te](I)(I)I. The Morgan fingerprint density at radius 1 is 1.27 bits per heavy atom. The molecule has 1 unspecified atom stereocenters. The first-order valence-corrected chi connectivity index (χ1v) is 26.5. The number of halogens is 4. The monoisotopic (exact) mass is 722 g/mol. The first-order valence-electron chi connectivity index (χ1n) is 4.03. The summed E-state index contributed by atoms with van der Waals surface area (Å²) in [6.45, 7) is 2.05. The van der Waals surface area contributed by atoms with Gasteiger partial charge in [0.1, 0.15) is 0 Å². The van der Waals surface area contributed by atoms with Crippen molar-refractivity contribution < 1.29 is 4.79 Å². The number of ketones is 1. The minimum absolute atomic E-state index is 0.190. The standard InChI is InChI=1S/C9H8BrI3OTe/c1-6(15(11,12)13)9(14)7-2-4-8(10)5-3-7/h2-6H,1H3. The molecule has 15 heavy (non-hydrogen) atoms. The van der Waals surface area contributed by atoms with Crippen LogP contribution in [0.1, 0.15) is 17.3 Å². The number of hydrogen-bond donors (Lipinski definition) is 0. The van der Waals surface area contributed by atoms with Crippen LogP contribution in [0.3, 0.4) is 0 Å². The van der Waals surface area contributed by atoms with Crippen LogP contribution in [0, 0.1) is 0 Å². The Morgan fingerprint density at radius 2 is 1.73 bits per heavy atom. The molecular weight excluding hydrogens is 712 g/mol. The van der Waals surface area contributed by atoms with E-state index in [1.165, 1.54) is 0 Å². The van der Waals surface area contributed by atoms with Gasteiger partial charge in [0.15, 0.2) is 0 Å². The van der Waals surface area contributed by atoms with Crippen molar-refractivity contribution in [2.75, 3.05) is 0 Å². The average Bonchev–Trinajstić information content (AvgIpc) is 2.15. The van der Waals surface area contributed by atoms with Crippen molar-refractivity contribution in [3.63, 3.8) is 0 Å². The van der Waals surface area contributed by atoms with Gasteiger partial charge in [0.2, 0.25) is 0 Å². The van der Waals surface area contributed by atoms with E-state index < -0.39 is 6.35 Å². The Balaban J connectivity index is 2.90. The summed E-state index contributed by atoms with van der Waals surface area (Å²) in [7, 11) is 0. The molecule has 0 bridgehead atoms. The van der Waals surface area contributed by atoms with Crippen molar-refractivity contribution in [2.24, 2.45) is 0 Å². The van der Waals surface area contributed by atoms with Crippen molar-refractivity contribution in [1.82, 2.24) is 0 Å². The Labute approximate surface area is 131 Å². The molecule has 0 spiro atoms. The maximum absolute atomic E-state index is 12.1. The predicted octanol–water partition coefficient (Wildman–Crippen LogP) is 5.27. The summed E-state index contributed by atoms with van der Waals surface area (Å²) in [5.74, 6) is 0.280. The Bertz CT molecular complexity index is 361. The third-order valence-electron chi connectivity index (χ3n) is 1.90. The number of rotatable bonds is 3. The molecule has 0 aliphatic heterocycles. The summed E-state index contributed by atoms with van der Waals surface area (Å²) >= 11 is 10.8. The molecule has 1 atom stereocenters. The van der Waals surface area contributed by atoms with Crippen molar-refractivity contribution >= 4 is 84.1 Å². The summed E-state index contributed by atoms with van der Waals surface area (Å²) in [6.07, 6.45) is -1.99. The Morgan fingerprint density at radius 3 is 2.13 bits per heavy atom. The zero-order chi connectivity index (χ0) is 11.6. The zero-order valence-corrected chi connectivity index (χ0v) is 18.1. The van der Waals surface area contributed by atoms with Crippen LogP contribution in [-0.4, -0.2) is 12.1 Å². The topological polar surface area (TPSA) is 17.1 Å². The summed E-state index contributed by atoms with van der Waals surface area (Å²) in [4.78, 5) is 12.1. The fourth-order valence-electron chi connectivity index (χ4n) is 0.970. The quantitative estimate of drug-likeness (QED) is 0.237. The Kier molecular flexibility index (Phi) is 6.67. The predicted molar refractivity (Wildman–Crippen MR) is 95.7 cm³/mol. The molecular formula is C9H8BrI3OTe. The fourth-order valence-corrected chi connectivity index (χ4v) is 6.96. The second-order valence-corrected chi connectivity index (χ2v) is 70.3. The molecule has 0 amide bonds. The van der Waals surface area contributed by atoms with E-state index in [1.54, 1.807) is 0 Å². The van der Waals surface area contributed by atoms with E-state index in [0.29, 0.717) is 0 Å². The number of hydrogen-bond acceptors (Lipinski definition) is 1. The first kappa shape index (κ1) is 15.4. The van der Waals surface area contributed by atoms with E-state index in [2.05, 4.69) is 78.9 Å². The number of benzene rings is 1. The van der Waals surface area contributed by atoms with Gasteiger partial charge >= 0.3 is 134 Å². The molecule has 0 fully saturated rings. The molecule has 0 aromatic heterocycles. The molecule has 1 aromatic carbocycles. The molecule has 0 radical (unpaired) electrons. The average molecular weight is 720 g/mol.